The molecule has 1 aromatic heterocycles. The molecule has 0 saturated carbocycles. The van der Waals surface area contributed by atoms with E-state index in [1.165, 1.54) is 11.8 Å². The predicted octanol–water partition coefficient (Wildman–Crippen LogP) is 4.53. The molecule has 2 N–H and O–H groups in total. The van der Waals surface area contributed by atoms with Crippen molar-refractivity contribution >= 4 is 17.7 Å². The van der Waals surface area contributed by atoms with Crippen molar-refractivity contribution < 1.29 is 13.2 Å². The first-order valence-electron chi connectivity index (χ1n) is 7.21. The van der Waals surface area contributed by atoms with Gasteiger partial charge in [-0.05, 0) is 24.5 Å². The summed E-state index contributed by atoms with van der Waals surface area (Å²) in [5, 5.41) is 7.73. The van der Waals surface area contributed by atoms with Crippen LogP contribution in [-0.2, 0) is 6.18 Å². The number of nitrogens with two attached hydrogens (primary N) is 1. The minimum atomic E-state index is -4.46. The van der Waals surface area contributed by atoms with Crippen LogP contribution in [0.2, 0.25) is 0 Å². The molecule has 0 saturated heterocycles. The number of thioether (sulfide) groups is 1. The van der Waals surface area contributed by atoms with Crippen molar-refractivity contribution in [1.82, 2.24) is 15.2 Å². The maximum Gasteiger partial charge on any atom is 0.416 e. The molecule has 4 nitrogen and oxygen atoms in total. The van der Waals surface area contributed by atoms with Crippen molar-refractivity contribution in [2.24, 2.45) is 0 Å². The van der Waals surface area contributed by atoms with Gasteiger partial charge in [-0.3, -0.25) is 0 Å². The topological polar surface area (TPSA) is 64.7 Å². The normalized spacial score (nSPS) is 11.5. The number of nitrogen functional groups attached to an aromatic ring is 1. The average Bonchev–Trinajstić information content (AvgIpc) is 2.61. The smallest absolute Gasteiger partial charge is 0.366 e. The van der Waals surface area contributed by atoms with E-state index in [-0.39, 0.29) is 17.2 Å². The first kappa shape index (κ1) is 17.2. The highest BCUT2D eigenvalue weighted by Gasteiger charge is 2.31. The molecule has 25 heavy (non-hydrogen) atoms. The monoisotopic (exact) mass is 362 g/mol. The van der Waals surface area contributed by atoms with Gasteiger partial charge in [-0.25, -0.2) is 4.98 Å². The largest absolute Gasteiger partial charge is 0.416 e. The van der Waals surface area contributed by atoms with Gasteiger partial charge in [0.25, 0.3) is 0 Å². The van der Waals surface area contributed by atoms with Crippen molar-refractivity contribution in [3.63, 3.8) is 0 Å². The molecule has 8 heteroatoms. The molecular formula is C17H13F3N4S. The molecule has 3 rings (SSSR count). The third-order valence-corrected chi connectivity index (χ3v) is 4.20. The van der Waals surface area contributed by atoms with Crippen molar-refractivity contribution in [3.8, 4) is 22.5 Å². The molecule has 0 aliphatic rings. The fourth-order valence-electron chi connectivity index (χ4n) is 2.35. The van der Waals surface area contributed by atoms with Crippen LogP contribution in [0.3, 0.4) is 0 Å². The molecular weight excluding hydrogens is 349 g/mol. The number of rotatable bonds is 3. The summed E-state index contributed by atoms with van der Waals surface area (Å²) in [5.74, 6) is -0.0420. The van der Waals surface area contributed by atoms with Crippen molar-refractivity contribution in [1.29, 1.82) is 0 Å². The molecule has 0 amide bonds. The predicted molar refractivity (Wildman–Crippen MR) is 91.9 cm³/mol. The Morgan fingerprint density at radius 3 is 2.28 bits per heavy atom. The summed E-state index contributed by atoms with van der Waals surface area (Å²) >= 11 is 1.22. The van der Waals surface area contributed by atoms with Gasteiger partial charge in [0.2, 0.25) is 5.95 Å². The Labute approximate surface area is 146 Å². The third-order valence-electron chi connectivity index (χ3n) is 3.49. The summed E-state index contributed by atoms with van der Waals surface area (Å²) in [6.07, 6.45) is -2.74. The fourth-order valence-corrected chi connectivity index (χ4v) is 2.84. The molecule has 3 aromatic rings. The lowest BCUT2D eigenvalue weighted by molar-refractivity contribution is -0.137. The van der Waals surface area contributed by atoms with Gasteiger partial charge < -0.3 is 5.73 Å². The molecule has 1 heterocycles. The fraction of sp³-hybridized carbons (Fsp3) is 0.118. The van der Waals surface area contributed by atoms with E-state index in [2.05, 4.69) is 15.2 Å². The van der Waals surface area contributed by atoms with E-state index in [0.29, 0.717) is 16.2 Å². The minimum Gasteiger partial charge on any atom is -0.366 e. The molecule has 2 aromatic carbocycles. The van der Waals surface area contributed by atoms with Crippen LogP contribution in [0.5, 0.6) is 0 Å². The molecule has 0 bridgehead atoms. The van der Waals surface area contributed by atoms with E-state index < -0.39 is 11.7 Å². The molecule has 0 aliphatic heterocycles. The van der Waals surface area contributed by atoms with Gasteiger partial charge in [0.15, 0.2) is 0 Å². The first-order valence-corrected chi connectivity index (χ1v) is 8.43. The lowest BCUT2D eigenvalue weighted by atomic mass is 10.0. The number of nitrogens with zero attached hydrogens (tertiary/aromatic N) is 3. The van der Waals surface area contributed by atoms with Crippen molar-refractivity contribution in [3.05, 3.63) is 54.1 Å². The van der Waals surface area contributed by atoms with Gasteiger partial charge in [0, 0.05) is 16.0 Å². The second-order valence-electron chi connectivity index (χ2n) is 5.18. The zero-order valence-corrected chi connectivity index (χ0v) is 13.9. The molecule has 0 unspecified atom stereocenters. The van der Waals surface area contributed by atoms with Gasteiger partial charge in [0.1, 0.15) is 11.4 Å². The summed E-state index contributed by atoms with van der Waals surface area (Å²) in [4.78, 5) is 4.66. The van der Waals surface area contributed by atoms with Gasteiger partial charge in [-0.15, -0.1) is 22.0 Å². The molecule has 0 atom stereocenters. The lowest BCUT2D eigenvalue weighted by Crippen LogP contribution is -2.07. The van der Waals surface area contributed by atoms with Crippen molar-refractivity contribution in [2.45, 2.75) is 11.1 Å². The second kappa shape index (κ2) is 6.72. The Kier molecular flexibility index (Phi) is 4.63. The summed E-state index contributed by atoms with van der Waals surface area (Å²) in [5.41, 5.74) is 6.51. The highest BCUT2D eigenvalue weighted by atomic mass is 32.2. The summed E-state index contributed by atoms with van der Waals surface area (Å²) in [7, 11) is 0. The second-order valence-corrected chi connectivity index (χ2v) is 6.06. The van der Waals surface area contributed by atoms with E-state index in [0.717, 1.165) is 12.1 Å². The van der Waals surface area contributed by atoms with Crippen LogP contribution < -0.4 is 5.73 Å². The SMILES string of the molecule is CSc1cc(-c2nnc(N)nc2-c2ccccc2)cc(C(F)(F)F)c1. The Bertz CT molecular complexity index is 898. The highest BCUT2D eigenvalue weighted by molar-refractivity contribution is 7.98. The van der Waals surface area contributed by atoms with Crippen LogP contribution in [0.25, 0.3) is 22.5 Å². The number of anilines is 1. The zero-order chi connectivity index (χ0) is 18.0. The standard InChI is InChI=1S/C17H13F3N4S/c1-25-13-8-11(7-12(9-13)17(18,19)20)15-14(22-16(21)24-23-15)10-5-3-2-4-6-10/h2-9H,1H3,(H2,21,22,24). The van der Waals surface area contributed by atoms with Crippen LogP contribution in [0.15, 0.2) is 53.4 Å². The van der Waals surface area contributed by atoms with Gasteiger partial charge in [-0.1, -0.05) is 30.3 Å². The van der Waals surface area contributed by atoms with Gasteiger partial charge in [-0.2, -0.15) is 13.2 Å². The number of halogens is 3. The zero-order valence-electron chi connectivity index (χ0n) is 13.1. The van der Waals surface area contributed by atoms with E-state index in [4.69, 9.17) is 5.73 Å². The van der Waals surface area contributed by atoms with Crippen LogP contribution in [0, 0.1) is 0 Å². The Morgan fingerprint density at radius 1 is 0.920 bits per heavy atom. The van der Waals surface area contributed by atoms with Crippen LogP contribution >= 0.6 is 11.8 Å². The first-order chi connectivity index (χ1) is 11.9. The summed E-state index contributed by atoms with van der Waals surface area (Å²) < 4.78 is 39.6. The van der Waals surface area contributed by atoms with E-state index >= 15 is 0 Å². The maximum atomic E-state index is 13.2. The quantitative estimate of drug-likeness (QED) is 0.694. The molecule has 0 aliphatic carbocycles. The third kappa shape index (κ3) is 3.74. The molecule has 0 radical (unpaired) electrons. The Balaban J connectivity index is 2.24. The molecule has 0 fully saturated rings. The number of hydrogen-bond acceptors (Lipinski definition) is 5. The number of aromatic nitrogens is 3. The van der Waals surface area contributed by atoms with E-state index in [1.807, 2.05) is 6.07 Å². The number of benzene rings is 2. The maximum absolute atomic E-state index is 13.2. The lowest BCUT2D eigenvalue weighted by Gasteiger charge is -2.13. The van der Waals surface area contributed by atoms with Gasteiger partial charge >= 0.3 is 6.18 Å². The summed E-state index contributed by atoms with van der Waals surface area (Å²) in [6, 6.07) is 12.8. The highest BCUT2D eigenvalue weighted by Crippen LogP contribution is 2.37. The average molecular weight is 362 g/mol. The van der Waals surface area contributed by atoms with E-state index in [9.17, 15) is 13.2 Å². The number of alkyl halides is 3. The van der Waals surface area contributed by atoms with Crippen LogP contribution in [0.1, 0.15) is 5.56 Å². The van der Waals surface area contributed by atoms with Crippen molar-refractivity contribution in [2.75, 3.05) is 12.0 Å². The summed E-state index contributed by atoms with van der Waals surface area (Å²) in [6.45, 7) is 0. The van der Waals surface area contributed by atoms with Gasteiger partial charge in [0.05, 0.1) is 5.56 Å². The molecule has 0 spiro atoms. The number of hydrogen-bond donors (Lipinski definition) is 1. The van der Waals surface area contributed by atoms with E-state index in [1.54, 1.807) is 36.6 Å². The minimum absolute atomic E-state index is 0.0420. The Morgan fingerprint density at radius 2 is 1.64 bits per heavy atom. The van der Waals surface area contributed by atoms with Crippen LogP contribution in [0.4, 0.5) is 19.1 Å². The Hall–Kier alpha value is -2.61. The van der Waals surface area contributed by atoms with Crippen LogP contribution in [-0.4, -0.2) is 21.4 Å². The molecule has 128 valence electrons.